The second-order valence-electron chi connectivity index (χ2n) is 4.09. The van der Waals surface area contributed by atoms with Gasteiger partial charge in [0.25, 0.3) is 0 Å². The summed E-state index contributed by atoms with van der Waals surface area (Å²) in [6.07, 6.45) is 0. The van der Waals surface area contributed by atoms with Crippen LogP contribution in [0.5, 0.6) is 0 Å². The number of aryl methyl sites for hydroxylation is 1. The van der Waals surface area contributed by atoms with E-state index in [0.717, 1.165) is 33.1 Å². The molecule has 3 aromatic rings. The number of nitrogens with two attached hydrogens (primary N) is 1. The molecular weight excluding hydrogens is 196 g/mol. The van der Waals surface area contributed by atoms with Gasteiger partial charge in [0, 0.05) is 16.5 Å². The Morgan fingerprint density at radius 1 is 1.00 bits per heavy atom. The van der Waals surface area contributed by atoms with E-state index in [0.29, 0.717) is 0 Å². The largest absolute Gasteiger partial charge is 0.399 e. The monoisotopic (exact) mass is 208 g/mol. The van der Waals surface area contributed by atoms with Gasteiger partial charge in [-0.2, -0.15) is 0 Å². The number of hydrogen-bond acceptors (Lipinski definition) is 2. The van der Waals surface area contributed by atoms with Crippen LogP contribution in [0.2, 0.25) is 0 Å². The van der Waals surface area contributed by atoms with Crippen molar-refractivity contribution in [1.29, 1.82) is 0 Å². The van der Waals surface area contributed by atoms with Crippen molar-refractivity contribution < 1.29 is 0 Å². The molecule has 2 N–H and O–H groups in total. The van der Waals surface area contributed by atoms with E-state index in [-0.39, 0.29) is 0 Å². The average Bonchev–Trinajstić information content (AvgIpc) is 2.27. The normalized spacial score (nSPS) is 11.1. The molecule has 3 rings (SSSR count). The van der Waals surface area contributed by atoms with Gasteiger partial charge >= 0.3 is 0 Å². The molecule has 0 saturated heterocycles. The molecule has 0 aliphatic rings. The maximum absolute atomic E-state index is 5.84. The zero-order valence-electron chi connectivity index (χ0n) is 9.07. The molecule has 2 heteroatoms. The SMILES string of the molecule is Cc1cc(N)cc2cc3ccccc3nc12. The molecule has 0 atom stereocenters. The smallest absolute Gasteiger partial charge is 0.0740 e. The van der Waals surface area contributed by atoms with Crippen molar-refractivity contribution in [3.05, 3.63) is 48.0 Å². The Morgan fingerprint density at radius 3 is 2.69 bits per heavy atom. The number of anilines is 1. The molecule has 0 saturated carbocycles. The van der Waals surface area contributed by atoms with Gasteiger partial charge in [0.1, 0.15) is 0 Å². The van der Waals surface area contributed by atoms with Crippen LogP contribution in [0.15, 0.2) is 42.5 Å². The summed E-state index contributed by atoms with van der Waals surface area (Å²) in [5.41, 5.74) is 9.83. The van der Waals surface area contributed by atoms with Crippen LogP contribution in [0.3, 0.4) is 0 Å². The minimum atomic E-state index is 0.794. The Bertz CT molecular complexity index is 687. The van der Waals surface area contributed by atoms with Crippen molar-refractivity contribution in [1.82, 2.24) is 4.98 Å². The van der Waals surface area contributed by atoms with Crippen LogP contribution < -0.4 is 5.73 Å². The highest BCUT2D eigenvalue weighted by atomic mass is 14.7. The van der Waals surface area contributed by atoms with Gasteiger partial charge in [0.05, 0.1) is 11.0 Å². The van der Waals surface area contributed by atoms with Gasteiger partial charge in [-0.1, -0.05) is 18.2 Å². The van der Waals surface area contributed by atoms with Crippen molar-refractivity contribution in [3.63, 3.8) is 0 Å². The Morgan fingerprint density at radius 2 is 1.81 bits per heavy atom. The predicted octanol–water partition coefficient (Wildman–Crippen LogP) is 3.28. The Kier molecular flexibility index (Phi) is 1.83. The molecular formula is C14H12N2. The van der Waals surface area contributed by atoms with E-state index >= 15 is 0 Å². The summed E-state index contributed by atoms with van der Waals surface area (Å²) >= 11 is 0. The fourth-order valence-corrected chi connectivity index (χ4v) is 2.10. The summed E-state index contributed by atoms with van der Waals surface area (Å²) in [6.45, 7) is 2.04. The fraction of sp³-hybridized carbons (Fsp3) is 0.0714. The summed E-state index contributed by atoms with van der Waals surface area (Å²) in [5.74, 6) is 0. The summed E-state index contributed by atoms with van der Waals surface area (Å²) < 4.78 is 0. The van der Waals surface area contributed by atoms with Crippen LogP contribution in [0.1, 0.15) is 5.56 Å². The minimum absolute atomic E-state index is 0.794. The quantitative estimate of drug-likeness (QED) is 0.455. The zero-order chi connectivity index (χ0) is 11.1. The second-order valence-corrected chi connectivity index (χ2v) is 4.09. The first-order valence-electron chi connectivity index (χ1n) is 5.30. The van der Waals surface area contributed by atoms with Crippen molar-refractivity contribution >= 4 is 27.5 Å². The molecule has 0 amide bonds. The van der Waals surface area contributed by atoms with Crippen LogP contribution >= 0.6 is 0 Å². The van der Waals surface area contributed by atoms with Crippen LogP contribution in [-0.4, -0.2) is 4.98 Å². The number of pyridine rings is 1. The average molecular weight is 208 g/mol. The Balaban J connectivity index is 2.51. The lowest BCUT2D eigenvalue weighted by atomic mass is 10.1. The third-order valence-electron chi connectivity index (χ3n) is 2.83. The third kappa shape index (κ3) is 1.31. The standard InChI is InChI=1S/C14H12N2/c1-9-6-12(15)8-11-7-10-4-2-3-5-13(10)16-14(9)11/h2-8H,15H2,1H3. The molecule has 2 aromatic carbocycles. The summed E-state index contributed by atoms with van der Waals surface area (Å²) in [5, 5.41) is 2.26. The first-order valence-corrected chi connectivity index (χ1v) is 5.30. The summed E-state index contributed by atoms with van der Waals surface area (Å²) in [4.78, 5) is 4.66. The first kappa shape index (κ1) is 9.16. The lowest BCUT2D eigenvalue weighted by Gasteiger charge is -2.05. The maximum Gasteiger partial charge on any atom is 0.0740 e. The van der Waals surface area contributed by atoms with E-state index in [1.54, 1.807) is 0 Å². The molecule has 1 aromatic heterocycles. The molecule has 1 heterocycles. The van der Waals surface area contributed by atoms with Gasteiger partial charge in [-0.3, -0.25) is 0 Å². The highest BCUT2D eigenvalue weighted by Crippen LogP contribution is 2.24. The number of rotatable bonds is 0. The maximum atomic E-state index is 5.84. The zero-order valence-corrected chi connectivity index (χ0v) is 9.07. The van der Waals surface area contributed by atoms with Crippen LogP contribution in [-0.2, 0) is 0 Å². The first-order chi connectivity index (χ1) is 7.74. The van der Waals surface area contributed by atoms with Crippen molar-refractivity contribution in [3.8, 4) is 0 Å². The van der Waals surface area contributed by atoms with E-state index in [4.69, 9.17) is 5.73 Å². The molecule has 0 bridgehead atoms. The van der Waals surface area contributed by atoms with Crippen LogP contribution in [0.4, 0.5) is 5.69 Å². The van der Waals surface area contributed by atoms with Crippen molar-refractivity contribution in [2.75, 3.05) is 5.73 Å². The number of nitrogen functional groups attached to an aromatic ring is 1. The van der Waals surface area contributed by atoms with E-state index in [2.05, 4.69) is 17.1 Å². The number of nitrogens with zero attached hydrogens (tertiary/aromatic N) is 1. The molecule has 78 valence electrons. The highest BCUT2D eigenvalue weighted by Gasteiger charge is 2.02. The molecule has 0 unspecified atom stereocenters. The molecule has 16 heavy (non-hydrogen) atoms. The van der Waals surface area contributed by atoms with Crippen molar-refractivity contribution in [2.24, 2.45) is 0 Å². The van der Waals surface area contributed by atoms with Gasteiger partial charge in [-0.05, 0) is 36.8 Å². The van der Waals surface area contributed by atoms with Gasteiger partial charge in [0.15, 0.2) is 0 Å². The molecule has 0 aliphatic heterocycles. The van der Waals surface area contributed by atoms with Gasteiger partial charge in [-0.25, -0.2) is 4.98 Å². The van der Waals surface area contributed by atoms with Gasteiger partial charge < -0.3 is 5.73 Å². The van der Waals surface area contributed by atoms with Gasteiger partial charge in [-0.15, -0.1) is 0 Å². The lowest BCUT2D eigenvalue weighted by Crippen LogP contribution is -1.90. The van der Waals surface area contributed by atoms with E-state index in [1.807, 2.05) is 37.3 Å². The number of para-hydroxylation sites is 1. The summed E-state index contributed by atoms with van der Waals surface area (Å²) in [7, 11) is 0. The predicted molar refractivity (Wildman–Crippen MR) is 68.4 cm³/mol. The van der Waals surface area contributed by atoms with Crippen LogP contribution in [0, 0.1) is 6.92 Å². The summed E-state index contributed by atoms with van der Waals surface area (Å²) in [6, 6.07) is 14.2. The number of aromatic nitrogens is 1. The molecule has 2 nitrogen and oxygen atoms in total. The molecule has 0 aliphatic carbocycles. The molecule has 0 radical (unpaired) electrons. The molecule has 0 spiro atoms. The second kappa shape index (κ2) is 3.20. The van der Waals surface area contributed by atoms with Crippen LogP contribution in [0.25, 0.3) is 21.8 Å². The van der Waals surface area contributed by atoms with Gasteiger partial charge in [0.2, 0.25) is 0 Å². The Labute approximate surface area is 93.7 Å². The minimum Gasteiger partial charge on any atom is -0.399 e. The topological polar surface area (TPSA) is 38.9 Å². The molecule has 0 fully saturated rings. The van der Waals surface area contributed by atoms with E-state index < -0.39 is 0 Å². The highest BCUT2D eigenvalue weighted by molar-refractivity contribution is 5.95. The van der Waals surface area contributed by atoms with E-state index in [1.165, 1.54) is 0 Å². The fourth-order valence-electron chi connectivity index (χ4n) is 2.10. The third-order valence-corrected chi connectivity index (χ3v) is 2.83. The number of fused-ring (bicyclic) bond motifs is 2. The number of hydrogen-bond donors (Lipinski definition) is 1. The lowest BCUT2D eigenvalue weighted by molar-refractivity contribution is 1.42. The van der Waals surface area contributed by atoms with Crippen molar-refractivity contribution in [2.45, 2.75) is 6.92 Å². The number of benzene rings is 2. The Hall–Kier alpha value is -2.09. The van der Waals surface area contributed by atoms with E-state index in [9.17, 15) is 0 Å².